The van der Waals surface area contributed by atoms with Crippen LogP contribution in [0, 0.1) is 0 Å². The van der Waals surface area contributed by atoms with Gasteiger partial charge in [0.1, 0.15) is 17.5 Å². The number of rotatable bonds is 3. The van der Waals surface area contributed by atoms with Crippen LogP contribution in [0.1, 0.15) is 40.2 Å². The van der Waals surface area contributed by atoms with Crippen LogP contribution in [-0.2, 0) is 0 Å². The van der Waals surface area contributed by atoms with Gasteiger partial charge in [-0.3, -0.25) is 0 Å². The molecular formula is C23H26ClN2O2+. The van der Waals surface area contributed by atoms with Gasteiger partial charge in [-0.05, 0) is 34.6 Å². The Hall–Kier alpha value is -2.30. The zero-order chi connectivity index (χ0) is 20.3. The molecule has 1 heterocycles. The van der Waals surface area contributed by atoms with Crippen LogP contribution < -0.4 is 4.74 Å². The van der Waals surface area contributed by atoms with E-state index in [4.69, 9.17) is 16.5 Å². The predicted octanol–water partition coefficient (Wildman–Crippen LogP) is 5.57. The first-order valence-electron chi connectivity index (χ1n) is 9.62. The number of hydrogen-bond donors (Lipinski definition) is 1. The normalized spacial score (nSPS) is 18.3. The highest BCUT2D eigenvalue weighted by Gasteiger charge is 2.61. The first-order valence-corrected chi connectivity index (χ1v) is 9.96. The van der Waals surface area contributed by atoms with Gasteiger partial charge >= 0.3 is 5.84 Å². The molecule has 0 fully saturated rings. The quantitative estimate of drug-likeness (QED) is 0.463. The summed E-state index contributed by atoms with van der Waals surface area (Å²) >= 11 is 6.85. The summed E-state index contributed by atoms with van der Waals surface area (Å²) in [7, 11) is 0. The topological polar surface area (TPSA) is 35.7 Å². The Balaban J connectivity index is 2.19. The molecule has 1 aliphatic rings. The summed E-state index contributed by atoms with van der Waals surface area (Å²) in [6, 6.07) is 16.3. The van der Waals surface area contributed by atoms with E-state index in [-0.39, 0.29) is 0 Å². The Labute approximate surface area is 170 Å². The molecular weight excluding hydrogens is 372 g/mol. The van der Waals surface area contributed by atoms with Crippen molar-refractivity contribution in [3.8, 4) is 5.75 Å². The summed E-state index contributed by atoms with van der Waals surface area (Å²) in [5.41, 5.74) is -0.157. The van der Waals surface area contributed by atoms with Crippen LogP contribution >= 0.6 is 11.8 Å². The fraction of sp³-hybridized carbons (Fsp3) is 0.348. The molecule has 0 unspecified atom stereocenters. The predicted molar refractivity (Wildman–Crippen MR) is 115 cm³/mol. The molecule has 0 bridgehead atoms. The molecule has 0 aromatic heterocycles. The largest absolute Gasteiger partial charge is 0.493 e. The van der Waals surface area contributed by atoms with Gasteiger partial charge in [-0.15, -0.1) is 9.16 Å². The minimum atomic E-state index is -0.578. The second kappa shape index (κ2) is 6.36. The Morgan fingerprint density at radius 1 is 0.929 bits per heavy atom. The van der Waals surface area contributed by atoms with Crippen LogP contribution in [0.3, 0.4) is 0 Å². The fourth-order valence-corrected chi connectivity index (χ4v) is 4.31. The van der Waals surface area contributed by atoms with E-state index in [1.54, 1.807) is 4.09 Å². The molecule has 3 aromatic carbocycles. The third kappa shape index (κ3) is 2.38. The van der Waals surface area contributed by atoms with E-state index in [2.05, 4.69) is 24.3 Å². The zero-order valence-electron chi connectivity index (χ0n) is 17.0. The monoisotopic (exact) mass is 397 g/mol. The number of hydrogen-bond acceptors (Lipinski definition) is 3. The van der Waals surface area contributed by atoms with E-state index in [0.717, 1.165) is 32.9 Å². The number of ether oxygens (including phenoxy) is 1. The van der Waals surface area contributed by atoms with Gasteiger partial charge in [0, 0.05) is 21.5 Å². The lowest BCUT2D eigenvalue weighted by molar-refractivity contribution is -0.466. The molecule has 0 radical (unpaired) electrons. The van der Waals surface area contributed by atoms with Crippen LogP contribution in [0.2, 0.25) is 0 Å². The van der Waals surface area contributed by atoms with Crippen molar-refractivity contribution in [1.82, 2.24) is 5.06 Å². The number of halogens is 1. The lowest BCUT2D eigenvalue weighted by Gasteiger charge is -2.30. The summed E-state index contributed by atoms with van der Waals surface area (Å²) in [6.07, 6.45) is 0. The zero-order valence-corrected chi connectivity index (χ0v) is 17.7. The molecule has 1 aliphatic heterocycles. The molecule has 0 saturated carbocycles. The maximum absolute atomic E-state index is 11.2. The molecule has 146 valence electrons. The lowest BCUT2D eigenvalue weighted by atomic mass is 9.84. The van der Waals surface area contributed by atoms with Gasteiger partial charge in [-0.25, -0.2) is 5.21 Å². The van der Waals surface area contributed by atoms with E-state index in [1.807, 2.05) is 58.9 Å². The van der Waals surface area contributed by atoms with Gasteiger partial charge in [-0.1, -0.05) is 48.5 Å². The average molecular weight is 398 g/mol. The Morgan fingerprint density at radius 3 is 1.79 bits per heavy atom. The van der Waals surface area contributed by atoms with Gasteiger partial charge in [0.2, 0.25) is 0 Å². The van der Waals surface area contributed by atoms with Gasteiger partial charge in [0.05, 0.1) is 12.2 Å². The molecule has 28 heavy (non-hydrogen) atoms. The van der Waals surface area contributed by atoms with E-state index in [1.165, 1.54) is 5.06 Å². The summed E-state index contributed by atoms with van der Waals surface area (Å²) in [4.78, 5) is 0. The molecule has 1 N–H and O–H groups in total. The summed E-state index contributed by atoms with van der Waals surface area (Å²) in [5, 5.41) is 16.5. The molecule has 0 atom stereocenters. The number of fused-ring (bicyclic) bond motifs is 2. The van der Waals surface area contributed by atoms with Crippen LogP contribution in [0.4, 0.5) is 0 Å². The highest BCUT2D eigenvalue weighted by molar-refractivity contribution is 6.23. The second-order valence-corrected chi connectivity index (χ2v) is 8.60. The Bertz CT molecular complexity index is 1060. The van der Waals surface area contributed by atoms with Crippen LogP contribution in [0.15, 0.2) is 48.5 Å². The van der Waals surface area contributed by atoms with Crippen molar-refractivity contribution in [2.24, 2.45) is 0 Å². The van der Waals surface area contributed by atoms with Gasteiger partial charge in [-0.2, -0.15) is 0 Å². The molecule has 0 aliphatic carbocycles. The van der Waals surface area contributed by atoms with Gasteiger partial charge < -0.3 is 4.74 Å². The first kappa shape index (κ1) is 19.0. The van der Waals surface area contributed by atoms with Crippen molar-refractivity contribution >= 4 is 39.2 Å². The Kier molecular flexibility index (Phi) is 4.32. The van der Waals surface area contributed by atoms with Crippen LogP contribution in [0.25, 0.3) is 21.5 Å². The number of amidine groups is 1. The van der Waals surface area contributed by atoms with Crippen molar-refractivity contribution in [1.29, 1.82) is 0 Å². The van der Waals surface area contributed by atoms with E-state index >= 15 is 0 Å². The highest BCUT2D eigenvalue weighted by atomic mass is 35.5. The van der Waals surface area contributed by atoms with Crippen molar-refractivity contribution < 1.29 is 14.0 Å². The summed E-state index contributed by atoms with van der Waals surface area (Å²) < 4.78 is 7.72. The van der Waals surface area contributed by atoms with Crippen LogP contribution in [-0.4, -0.2) is 37.9 Å². The summed E-state index contributed by atoms with van der Waals surface area (Å²) in [6.45, 7) is 10.6. The Morgan fingerprint density at radius 2 is 1.39 bits per heavy atom. The third-order valence-electron chi connectivity index (χ3n) is 6.30. The van der Waals surface area contributed by atoms with Gasteiger partial charge in [0.25, 0.3) is 0 Å². The van der Waals surface area contributed by atoms with Crippen molar-refractivity contribution in [2.75, 3.05) is 6.61 Å². The molecule has 4 nitrogen and oxygen atoms in total. The minimum Gasteiger partial charge on any atom is -0.493 e. The molecule has 5 heteroatoms. The van der Waals surface area contributed by atoms with E-state index < -0.39 is 11.1 Å². The minimum absolute atomic E-state index is 0.487. The highest BCUT2D eigenvalue weighted by Crippen LogP contribution is 2.44. The van der Waals surface area contributed by atoms with Crippen molar-refractivity contribution in [3.05, 3.63) is 54.1 Å². The number of benzene rings is 3. The second-order valence-electron chi connectivity index (χ2n) is 8.26. The molecule has 0 saturated heterocycles. The SMILES string of the molecule is CCOc1c2ccccc2c(C2=[N+](Cl)C(C)(C)C(C)(C)N2O)c2ccccc12. The fourth-order valence-electron chi connectivity index (χ4n) is 3.95. The molecule has 4 rings (SSSR count). The average Bonchev–Trinajstić information content (AvgIpc) is 2.80. The summed E-state index contributed by atoms with van der Waals surface area (Å²) in [5.74, 6) is 1.45. The lowest BCUT2D eigenvalue weighted by Crippen LogP contribution is -2.53. The van der Waals surface area contributed by atoms with E-state index in [0.29, 0.717) is 12.4 Å². The maximum Gasteiger partial charge on any atom is 0.329 e. The molecule has 0 amide bonds. The number of nitrogens with zero attached hydrogens (tertiary/aromatic N) is 2. The molecule has 3 aromatic rings. The molecule has 0 spiro atoms. The third-order valence-corrected chi connectivity index (χ3v) is 6.88. The number of hydroxylamine groups is 2. The van der Waals surface area contributed by atoms with Gasteiger partial charge in [0.15, 0.2) is 11.1 Å². The van der Waals surface area contributed by atoms with Crippen molar-refractivity contribution in [2.45, 2.75) is 45.7 Å². The van der Waals surface area contributed by atoms with Crippen LogP contribution in [0.5, 0.6) is 5.75 Å². The first-order chi connectivity index (χ1) is 13.2. The van der Waals surface area contributed by atoms with Crippen molar-refractivity contribution in [3.63, 3.8) is 0 Å². The smallest absolute Gasteiger partial charge is 0.329 e. The standard InChI is InChI=1S/C23H26ClN2O2/c1-6-28-20-17-13-9-7-11-15(17)19(16-12-8-10-14-18(16)20)21-25(24)22(2,3)23(4,5)26(21)27/h7-14,27H,6H2,1-5H3/q+1. The van der Waals surface area contributed by atoms with E-state index in [9.17, 15) is 5.21 Å². The maximum atomic E-state index is 11.2.